The van der Waals surface area contributed by atoms with Crippen molar-refractivity contribution in [1.29, 1.82) is 0 Å². The molecule has 0 rings (SSSR count). The van der Waals surface area contributed by atoms with E-state index in [2.05, 4.69) is 29.9 Å². The molecule has 0 atom stereocenters. The fourth-order valence-electron chi connectivity index (χ4n) is 1.40. The predicted octanol–water partition coefficient (Wildman–Crippen LogP) is 3.55. The standard InChI is InChI=1S/C11H22NS/c1-2-3-4-5-6-7-8-9-10-12-11-13/h2-10H2,1H3,(H,12,13). The summed E-state index contributed by atoms with van der Waals surface area (Å²) in [6.07, 6.45) is 10.9. The number of thiocarbonyl (C=S) groups is 1. The molecule has 0 aromatic heterocycles. The maximum absolute atomic E-state index is 4.54. The van der Waals surface area contributed by atoms with Crippen LogP contribution in [0.4, 0.5) is 0 Å². The van der Waals surface area contributed by atoms with Crippen LogP contribution in [0.5, 0.6) is 0 Å². The first-order valence-corrected chi connectivity index (χ1v) is 5.92. The van der Waals surface area contributed by atoms with Gasteiger partial charge in [-0.1, -0.05) is 64.1 Å². The molecule has 0 amide bonds. The second kappa shape index (κ2) is 11.9. The lowest BCUT2D eigenvalue weighted by molar-refractivity contribution is 0.574. The molecule has 13 heavy (non-hydrogen) atoms. The maximum Gasteiger partial charge on any atom is 0.134 e. The molecule has 0 aliphatic rings. The number of nitrogens with one attached hydrogen (secondary N) is 1. The Morgan fingerprint density at radius 3 is 2.00 bits per heavy atom. The van der Waals surface area contributed by atoms with Gasteiger partial charge in [-0.25, -0.2) is 0 Å². The van der Waals surface area contributed by atoms with Crippen molar-refractivity contribution in [2.75, 3.05) is 6.54 Å². The van der Waals surface area contributed by atoms with E-state index in [1.807, 2.05) is 0 Å². The van der Waals surface area contributed by atoms with E-state index < -0.39 is 0 Å². The second-order valence-corrected chi connectivity index (χ2v) is 3.71. The second-order valence-electron chi connectivity index (χ2n) is 3.50. The van der Waals surface area contributed by atoms with Gasteiger partial charge in [0, 0.05) is 6.54 Å². The SMILES string of the molecule is CCCCCCCCCCN[C]=S. The minimum atomic E-state index is 0.998. The molecule has 0 aromatic carbocycles. The molecule has 0 saturated carbocycles. The molecular formula is C11H22NS. The van der Waals surface area contributed by atoms with E-state index in [9.17, 15) is 0 Å². The van der Waals surface area contributed by atoms with Crippen molar-refractivity contribution in [3.63, 3.8) is 0 Å². The molecule has 0 unspecified atom stereocenters. The van der Waals surface area contributed by atoms with Crippen LogP contribution in [0.15, 0.2) is 0 Å². The molecule has 0 saturated heterocycles. The van der Waals surface area contributed by atoms with Gasteiger partial charge in [-0.2, -0.15) is 0 Å². The molecule has 0 fully saturated rings. The summed E-state index contributed by atoms with van der Waals surface area (Å²) in [5.74, 6) is 0. The number of unbranched alkanes of at least 4 members (excludes halogenated alkanes) is 7. The van der Waals surface area contributed by atoms with Gasteiger partial charge in [-0.15, -0.1) is 0 Å². The summed E-state index contributed by atoms with van der Waals surface area (Å²) in [6.45, 7) is 3.26. The summed E-state index contributed by atoms with van der Waals surface area (Å²) in [5.41, 5.74) is 2.52. The molecule has 0 aliphatic carbocycles. The van der Waals surface area contributed by atoms with Crippen LogP contribution >= 0.6 is 12.2 Å². The van der Waals surface area contributed by atoms with Gasteiger partial charge in [0.05, 0.1) is 0 Å². The summed E-state index contributed by atoms with van der Waals surface area (Å²) in [6, 6.07) is 0. The summed E-state index contributed by atoms with van der Waals surface area (Å²) in [4.78, 5) is 0. The molecule has 1 nitrogen and oxygen atoms in total. The van der Waals surface area contributed by atoms with Gasteiger partial charge in [0.15, 0.2) is 0 Å². The highest BCUT2D eigenvalue weighted by Crippen LogP contribution is 2.07. The van der Waals surface area contributed by atoms with E-state index in [1.54, 1.807) is 0 Å². The molecular weight excluding hydrogens is 178 g/mol. The Balaban J connectivity index is 2.79. The molecule has 1 radical (unpaired) electrons. The minimum absolute atomic E-state index is 0.998. The third kappa shape index (κ3) is 11.9. The summed E-state index contributed by atoms with van der Waals surface area (Å²) < 4.78 is 0. The van der Waals surface area contributed by atoms with Gasteiger partial charge in [-0.05, 0) is 6.42 Å². The third-order valence-corrected chi connectivity index (χ3v) is 2.37. The molecule has 77 valence electrons. The smallest absolute Gasteiger partial charge is 0.134 e. The molecule has 0 spiro atoms. The Morgan fingerprint density at radius 1 is 0.923 bits per heavy atom. The van der Waals surface area contributed by atoms with Crippen LogP contribution in [-0.4, -0.2) is 12.0 Å². The number of hydrogen-bond donors (Lipinski definition) is 1. The minimum Gasteiger partial charge on any atom is -0.374 e. The third-order valence-electron chi connectivity index (χ3n) is 2.23. The van der Waals surface area contributed by atoms with Gasteiger partial charge in [-0.3, -0.25) is 0 Å². The molecule has 1 N–H and O–H groups in total. The van der Waals surface area contributed by atoms with E-state index in [-0.39, 0.29) is 0 Å². The maximum atomic E-state index is 4.54. The van der Waals surface area contributed by atoms with Crippen LogP contribution in [0.1, 0.15) is 58.3 Å². The molecule has 0 bridgehead atoms. The van der Waals surface area contributed by atoms with Crippen molar-refractivity contribution >= 4 is 17.7 Å². The largest absolute Gasteiger partial charge is 0.374 e. The van der Waals surface area contributed by atoms with Gasteiger partial charge in [0.1, 0.15) is 5.49 Å². The lowest BCUT2D eigenvalue weighted by atomic mass is 10.1. The number of rotatable bonds is 10. The zero-order valence-corrected chi connectivity index (χ0v) is 9.59. The van der Waals surface area contributed by atoms with Crippen LogP contribution < -0.4 is 5.32 Å². The molecule has 2 heteroatoms. The first kappa shape index (κ1) is 12.9. The van der Waals surface area contributed by atoms with Gasteiger partial charge in [0.25, 0.3) is 0 Å². The fourth-order valence-corrected chi connectivity index (χ4v) is 1.50. The van der Waals surface area contributed by atoms with Crippen molar-refractivity contribution in [2.24, 2.45) is 0 Å². The molecule has 0 aromatic rings. The van der Waals surface area contributed by atoms with Crippen molar-refractivity contribution in [2.45, 2.75) is 58.3 Å². The van der Waals surface area contributed by atoms with Crippen LogP contribution in [0.2, 0.25) is 0 Å². The first-order chi connectivity index (χ1) is 6.41. The van der Waals surface area contributed by atoms with Crippen molar-refractivity contribution in [3.8, 4) is 0 Å². The van der Waals surface area contributed by atoms with E-state index in [4.69, 9.17) is 0 Å². The predicted molar refractivity (Wildman–Crippen MR) is 63.2 cm³/mol. The monoisotopic (exact) mass is 200 g/mol. The van der Waals surface area contributed by atoms with E-state index >= 15 is 0 Å². The average Bonchev–Trinajstić information content (AvgIpc) is 2.16. The lowest BCUT2D eigenvalue weighted by Crippen LogP contribution is -2.10. The topological polar surface area (TPSA) is 12.0 Å². The number of hydrogen-bond acceptors (Lipinski definition) is 1. The van der Waals surface area contributed by atoms with Gasteiger partial charge in [0.2, 0.25) is 0 Å². The first-order valence-electron chi connectivity index (χ1n) is 5.51. The van der Waals surface area contributed by atoms with E-state index in [1.165, 1.54) is 51.4 Å². The van der Waals surface area contributed by atoms with Crippen molar-refractivity contribution < 1.29 is 0 Å². The highest BCUT2D eigenvalue weighted by Gasteiger charge is 1.90. The molecule has 0 aliphatic heterocycles. The van der Waals surface area contributed by atoms with Crippen LogP contribution in [0.3, 0.4) is 0 Å². The zero-order chi connectivity index (χ0) is 9.78. The van der Waals surface area contributed by atoms with Crippen LogP contribution in [0.25, 0.3) is 0 Å². The lowest BCUT2D eigenvalue weighted by Gasteiger charge is -2.00. The summed E-state index contributed by atoms with van der Waals surface area (Å²) in [5, 5.41) is 2.92. The Kier molecular flexibility index (Phi) is 11.8. The Hall–Kier alpha value is -0.110. The van der Waals surface area contributed by atoms with E-state index in [0.29, 0.717) is 0 Å². The van der Waals surface area contributed by atoms with Crippen molar-refractivity contribution in [1.82, 2.24) is 5.32 Å². The normalized spacial score (nSPS) is 9.92. The highest BCUT2D eigenvalue weighted by molar-refractivity contribution is 7.78. The summed E-state index contributed by atoms with van der Waals surface area (Å²) in [7, 11) is 0. The average molecular weight is 200 g/mol. The Labute approximate surface area is 88.3 Å². The Morgan fingerprint density at radius 2 is 1.46 bits per heavy atom. The Bertz CT molecular complexity index is 104. The fraction of sp³-hybridized carbons (Fsp3) is 0.909. The highest BCUT2D eigenvalue weighted by atomic mass is 32.1. The van der Waals surface area contributed by atoms with E-state index in [0.717, 1.165) is 6.54 Å². The van der Waals surface area contributed by atoms with Gasteiger partial charge < -0.3 is 5.32 Å². The zero-order valence-electron chi connectivity index (χ0n) is 8.77. The molecule has 0 heterocycles. The van der Waals surface area contributed by atoms with Gasteiger partial charge >= 0.3 is 0 Å². The van der Waals surface area contributed by atoms with Crippen molar-refractivity contribution in [3.05, 3.63) is 0 Å². The van der Waals surface area contributed by atoms with Crippen LogP contribution in [0, 0.1) is 0 Å². The quantitative estimate of drug-likeness (QED) is 0.329. The van der Waals surface area contributed by atoms with Crippen LogP contribution in [-0.2, 0) is 0 Å². The summed E-state index contributed by atoms with van der Waals surface area (Å²) >= 11 is 4.54.